The molecule has 3 rings (SSSR count). The maximum Gasteiger partial charge on any atom is 0.271 e. The topological polar surface area (TPSA) is 78.5 Å². The van der Waals surface area contributed by atoms with Gasteiger partial charge in [-0.15, -0.1) is 0 Å². The molecule has 0 atom stereocenters. The van der Waals surface area contributed by atoms with E-state index in [-0.39, 0.29) is 38.3 Å². The minimum atomic E-state index is -0.563. The molecule has 0 bridgehead atoms. The minimum Gasteiger partial charge on any atom is -0.292 e. The molecule has 0 saturated carbocycles. The van der Waals surface area contributed by atoms with Gasteiger partial charge in [-0.3, -0.25) is 30.1 Å². The lowest BCUT2D eigenvalue weighted by molar-refractivity contribution is -0.124. The van der Waals surface area contributed by atoms with E-state index in [2.05, 4.69) is 10.9 Å². The molecule has 1 saturated heterocycles. The van der Waals surface area contributed by atoms with Gasteiger partial charge >= 0.3 is 0 Å². The lowest BCUT2D eigenvalue weighted by Crippen LogP contribution is -2.43. The Hall–Kier alpha value is -2.75. The molecule has 2 aromatic rings. The van der Waals surface area contributed by atoms with Crippen molar-refractivity contribution in [3.63, 3.8) is 0 Å². The average molecular weight is 464 g/mol. The zero-order valence-electron chi connectivity index (χ0n) is 15.4. The Bertz CT molecular complexity index is 1060. The number of hydrogen-bond acceptors (Lipinski definition) is 5. The van der Waals surface area contributed by atoms with Gasteiger partial charge in [0.25, 0.3) is 11.8 Å². The number of amides is 3. The van der Waals surface area contributed by atoms with E-state index in [1.165, 1.54) is 23.1 Å². The second-order valence-electron chi connectivity index (χ2n) is 6.09. The van der Waals surface area contributed by atoms with Gasteiger partial charge in [0.1, 0.15) is 10.1 Å². The summed E-state index contributed by atoms with van der Waals surface area (Å²) in [5.41, 5.74) is 5.03. The summed E-state index contributed by atoms with van der Waals surface area (Å²) < 4.78 is 14.1. The highest BCUT2D eigenvalue weighted by atomic mass is 35.5. The number of carbonyl (C=O) groups is 3. The Kier molecular flexibility index (Phi) is 7.20. The van der Waals surface area contributed by atoms with Gasteiger partial charge in [-0.1, -0.05) is 65.9 Å². The monoisotopic (exact) mass is 463 g/mol. The predicted molar refractivity (Wildman–Crippen MR) is 118 cm³/mol. The van der Waals surface area contributed by atoms with Crippen LogP contribution >= 0.6 is 35.6 Å². The van der Waals surface area contributed by atoms with Crippen molar-refractivity contribution in [2.24, 2.45) is 0 Å². The molecule has 0 spiro atoms. The fourth-order valence-corrected chi connectivity index (χ4v) is 4.06. The number of thioether (sulfide) groups is 1. The first-order chi connectivity index (χ1) is 14.4. The zero-order chi connectivity index (χ0) is 21.7. The number of carbonyl (C=O) groups excluding carboxylic acids is 3. The molecule has 2 N–H and O–H groups in total. The molecule has 1 fully saturated rings. The number of halogens is 2. The zero-order valence-corrected chi connectivity index (χ0v) is 17.7. The van der Waals surface area contributed by atoms with Crippen LogP contribution < -0.4 is 10.9 Å². The summed E-state index contributed by atoms with van der Waals surface area (Å²) >= 11 is 12.2. The molecule has 0 aromatic heterocycles. The number of rotatable bonds is 5. The smallest absolute Gasteiger partial charge is 0.271 e. The van der Waals surface area contributed by atoms with Crippen molar-refractivity contribution in [3.05, 3.63) is 75.4 Å². The molecule has 1 aliphatic rings. The third-order valence-corrected chi connectivity index (χ3v) is 5.77. The van der Waals surface area contributed by atoms with E-state index in [0.717, 1.165) is 11.8 Å². The van der Waals surface area contributed by atoms with Crippen LogP contribution in [0.4, 0.5) is 4.39 Å². The Morgan fingerprint density at radius 1 is 1.13 bits per heavy atom. The molecule has 3 amide bonds. The number of thiocarbonyl (C=S) groups is 1. The van der Waals surface area contributed by atoms with Crippen LogP contribution in [0.5, 0.6) is 0 Å². The Morgan fingerprint density at radius 2 is 1.83 bits per heavy atom. The molecule has 154 valence electrons. The summed E-state index contributed by atoms with van der Waals surface area (Å²) in [7, 11) is 0. The highest BCUT2D eigenvalue weighted by molar-refractivity contribution is 8.26. The van der Waals surface area contributed by atoms with Crippen molar-refractivity contribution in [2.45, 2.75) is 6.42 Å². The average Bonchev–Trinajstić information content (AvgIpc) is 2.99. The van der Waals surface area contributed by atoms with Gasteiger partial charge in [0, 0.05) is 18.5 Å². The van der Waals surface area contributed by atoms with Crippen LogP contribution in [-0.4, -0.2) is 33.5 Å². The molecular formula is C20H15ClFN3O3S2. The van der Waals surface area contributed by atoms with Crippen LogP contribution in [0, 0.1) is 5.82 Å². The first-order valence-corrected chi connectivity index (χ1v) is 10.3. The fourth-order valence-electron chi connectivity index (χ4n) is 2.54. The van der Waals surface area contributed by atoms with E-state index in [1.54, 1.807) is 36.4 Å². The van der Waals surface area contributed by atoms with Crippen molar-refractivity contribution < 1.29 is 18.8 Å². The lowest BCUT2D eigenvalue weighted by atomic mass is 10.2. The van der Waals surface area contributed by atoms with Gasteiger partial charge in [-0.2, -0.15) is 0 Å². The number of hydrazine groups is 1. The summed E-state index contributed by atoms with van der Waals surface area (Å²) in [5.74, 6) is -1.92. The van der Waals surface area contributed by atoms with Crippen LogP contribution in [0.1, 0.15) is 22.3 Å². The van der Waals surface area contributed by atoms with Crippen molar-refractivity contribution in [1.82, 2.24) is 15.8 Å². The summed E-state index contributed by atoms with van der Waals surface area (Å²) in [6.45, 7) is 0.0209. The van der Waals surface area contributed by atoms with Gasteiger partial charge in [0.2, 0.25) is 5.91 Å². The second kappa shape index (κ2) is 9.84. The molecule has 6 nitrogen and oxygen atoms in total. The fraction of sp³-hybridized carbons (Fsp3) is 0.100. The van der Waals surface area contributed by atoms with Crippen LogP contribution in [0.25, 0.3) is 6.08 Å². The molecular weight excluding hydrogens is 449 g/mol. The van der Waals surface area contributed by atoms with Crippen LogP contribution in [0.3, 0.4) is 0 Å². The maximum atomic E-state index is 13.8. The molecule has 2 aromatic carbocycles. The van der Waals surface area contributed by atoms with Gasteiger partial charge in [-0.25, -0.2) is 4.39 Å². The van der Waals surface area contributed by atoms with Gasteiger partial charge in [0.05, 0.1) is 15.5 Å². The van der Waals surface area contributed by atoms with Crippen molar-refractivity contribution in [1.29, 1.82) is 0 Å². The third kappa shape index (κ3) is 5.24. The number of nitrogens with one attached hydrogen (secondary N) is 2. The molecule has 1 aliphatic heterocycles. The quantitative estimate of drug-likeness (QED) is 0.403. The van der Waals surface area contributed by atoms with Gasteiger partial charge < -0.3 is 0 Å². The summed E-state index contributed by atoms with van der Waals surface area (Å²) in [4.78, 5) is 38.2. The normalized spacial score (nSPS) is 14.9. The Morgan fingerprint density at radius 3 is 2.57 bits per heavy atom. The van der Waals surface area contributed by atoms with Crippen molar-refractivity contribution >= 4 is 63.7 Å². The molecule has 0 radical (unpaired) electrons. The summed E-state index contributed by atoms with van der Waals surface area (Å²) in [6, 6.07) is 12.5. The highest BCUT2D eigenvalue weighted by Crippen LogP contribution is 2.32. The van der Waals surface area contributed by atoms with Crippen LogP contribution in [0.15, 0.2) is 53.4 Å². The van der Waals surface area contributed by atoms with Crippen molar-refractivity contribution in [3.8, 4) is 0 Å². The molecule has 1 heterocycles. The van der Waals surface area contributed by atoms with E-state index < -0.39 is 23.5 Å². The lowest BCUT2D eigenvalue weighted by Gasteiger charge is -2.14. The maximum absolute atomic E-state index is 13.8. The van der Waals surface area contributed by atoms with Gasteiger partial charge in [-0.05, 0) is 24.3 Å². The predicted octanol–water partition coefficient (Wildman–Crippen LogP) is 3.53. The second-order valence-corrected chi connectivity index (χ2v) is 8.17. The van der Waals surface area contributed by atoms with E-state index in [0.29, 0.717) is 0 Å². The molecule has 10 heteroatoms. The largest absolute Gasteiger partial charge is 0.292 e. The Balaban J connectivity index is 1.54. The van der Waals surface area contributed by atoms with Crippen molar-refractivity contribution in [2.75, 3.05) is 6.54 Å². The third-order valence-electron chi connectivity index (χ3n) is 4.06. The van der Waals surface area contributed by atoms with E-state index in [4.69, 9.17) is 23.8 Å². The van der Waals surface area contributed by atoms with Gasteiger partial charge in [0.15, 0.2) is 0 Å². The number of benzene rings is 2. The molecule has 0 unspecified atom stereocenters. The molecule has 30 heavy (non-hydrogen) atoms. The van der Waals surface area contributed by atoms with E-state index in [1.807, 2.05) is 0 Å². The first kappa shape index (κ1) is 21.9. The minimum absolute atomic E-state index is 0.0209. The standard InChI is InChI=1S/C20H15ClFN3O3S2/c21-14-7-3-2-6-13(14)18(27)24-23-17(26)9-10-25-19(28)16(30-20(25)29)11-12-5-1-4-8-15(12)22/h1-8,11H,9-10H2,(H,23,26)(H,24,27). The SMILES string of the molecule is O=C(CCN1C(=O)C(=Cc2ccccc2F)SC1=S)NNC(=O)c1ccccc1Cl. The highest BCUT2D eigenvalue weighted by Gasteiger charge is 2.32. The first-order valence-electron chi connectivity index (χ1n) is 8.70. The van der Waals surface area contributed by atoms with Crippen LogP contribution in [0.2, 0.25) is 5.02 Å². The summed E-state index contributed by atoms with van der Waals surface area (Å²) in [5, 5.41) is 0.253. The summed E-state index contributed by atoms with van der Waals surface area (Å²) in [6.07, 6.45) is 1.33. The molecule has 0 aliphatic carbocycles. The number of hydrogen-bond donors (Lipinski definition) is 2. The van der Waals surface area contributed by atoms with E-state index >= 15 is 0 Å². The van der Waals surface area contributed by atoms with Crippen LogP contribution in [-0.2, 0) is 9.59 Å². The van der Waals surface area contributed by atoms with E-state index in [9.17, 15) is 18.8 Å². The number of nitrogens with zero attached hydrogens (tertiary/aromatic N) is 1. The Labute approximate surface area is 186 Å².